The van der Waals surface area contributed by atoms with Gasteiger partial charge in [-0.05, 0) is 18.6 Å². The Morgan fingerprint density at radius 3 is 2.53 bits per heavy atom. The number of aromatic hydroxyl groups is 1. The van der Waals surface area contributed by atoms with Gasteiger partial charge in [0.05, 0.1) is 35.1 Å². The van der Waals surface area contributed by atoms with Crippen molar-refractivity contribution in [3.8, 4) is 17.6 Å². The third kappa shape index (κ3) is 2.90. The summed E-state index contributed by atoms with van der Waals surface area (Å²) in [5.41, 5.74) is -1.47. The molecule has 2 aliphatic heterocycles. The molecule has 1 amide bonds. The zero-order valence-corrected chi connectivity index (χ0v) is 18.4. The van der Waals surface area contributed by atoms with Gasteiger partial charge in [-0.3, -0.25) is 9.36 Å². The summed E-state index contributed by atoms with van der Waals surface area (Å²) in [6, 6.07) is 12.1. The number of pyridine rings is 1. The number of likely N-dealkylation sites (tertiary alicyclic amines) is 1. The third-order valence-corrected chi connectivity index (χ3v) is 6.90. The summed E-state index contributed by atoms with van der Waals surface area (Å²) in [6.45, 7) is 0.0401. The standard InChI is InChI=1S/C25H16F3N5O3/c26-25(27,28)17-8-4-3-7-16(17)22(34)31-12-13-9-19(31)21-23(35)33(24(36)32(13)21)20-11-30-18(10-29)14-5-1-2-6-15(14)20/h1-8,11,13,19,35H,9,12H2/t13-,19?/m1/s1. The molecule has 2 aliphatic rings. The van der Waals surface area contributed by atoms with E-state index in [1.165, 1.54) is 27.8 Å². The number of benzene rings is 2. The van der Waals surface area contributed by atoms with Crippen molar-refractivity contribution in [3.05, 3.63) is 87.7 Å². The first-order valence-electron chi connectivity index (χ1n) is 11.0. The predicted molar refractivity (Wildman–Crippen MR) is 121 cm³/mol. The fraction of sp³-hybridized carbons (Fsp3) is 0.200. The van der Waals surface area contributed by atoms with Gasteiger partial charge in [0.15, 0.2) is 0 Å². The van der Waals surface area contributed by atoms with Crippen molar-refractivity contribution in [1.82, 2.24) is 19.0 Å². The lowest BCUT2D eigenvalue weighted by atomic mass is 10.0. The Bertz CT molecular complexity index is 1680. The molecule has 0 aliphatic carbocycles. The van der Waals surface area contributed by atoms with Gasteiger partial charge in [0.1, 0.15) is 17.5 Å². The van der Waals surface area contributed by atoms with Crippen LogP contribution in [0.5, 0.6) is 5.88 Å². The van der Waals surface area contributed by atoms with E-state index in [4.69, 9.17) is 0 Å². The maximum Gasteiger partial charge on any atom is 0.417 e. The minimum absolute atomic E-state index is 0.0401. The van der Waals surface area contributed by atoms with Crippen LogP contribution in [0, 0.1) is 11.3 Å². The molecule has 2 aromatic heterocycles. The molecule has 180 valence electrons. The summed E-state index contributed by atoms with van der Waals surface area (Å²) in [4.78, 5) is 32.1. The van der Waals surface area contributed by atoms with Crippen molar-refractivity contribution in [3.63, 3.8) is 0 Å². The van der Waals surface area contributed by atoms with Crippen molar-refractivity contribution in [2.75, 3.05) is 6.54 Å². The average Bonchev–Trinajstić information content (AvgIpc) is 3.54. The van der Waals surface area contributed by atoms with E-state index in [-0.39, 0.29) is 23.6 Å². The molecule has 0 saturated carbocycles. The molecule has 2 atom stereocenters. The highest BCUT2D eigenvalue weighted by Gasteiger charge is 2.50. The predicted octanol–water partition coefficient (Wildman–Crippen LogP) is 3.93. The molecule has 2 aromatic carbocycles. The van der Waals surface area contributed by atoms with Crippen molar-refractivity contribution in [2.45, 2.75) is 24.7 Å². The zero-order chi connectivity index (χ0) is 25.4. The Morgan fingerprint density at radius 2 is 1.81 bits per heavy atom. The number of alkyl halides is 3. The van der Waals surface area contributed by atoms with Crippen LogP contribution in [-0.2, 0) is 6.18 Å². The first kappa shape index (κ1) is 21.9. The first-order chi connectivity index (χ1) is 17.2. The molecule has 1 unspecified atom stereocenters. The number of hydrogen-bond acceptors (Lipinski definition) is 5. The summed E-state index contributed by atoms with van der Waals surface area (Å²) in [5.74, 6) is -1.22. The fourth-order valence-corrected chi connectivity index (χ4v) is 5.40. The van der Waals surface area contributed by atoms with Crippen LogP contribution >= 0.6 is 0 Å². The second-order valence-corrected chi connectivity index (χ2v) is 8.75. The number of carbonyl (C=O) groups excluding carboxylic acids is 1. The van der Waals surface area contributed by atoms with Crippen molar-refractivity contribution < 1.29 is 23.1 Å². The summed E-state index contributed by atoms with van der Waals surface area (Å²) < 4.78 is 43.0. The Labute approximate surface area is 201 Å². The Hall–Kier alpha value is -4.59. The SMILES string of the molecule is N#Cc1ncc(-n2c(O)c3n(c2=O)[C@@H]2CC3N(C(=O)c3ccccc3C(F)(F)F)C2)c2ccccc12. The number of imidazole rings is 1. The van der Waals surface area contributed by atoms with Gasteiger partial charge in [0, 0.05) is 17.3 Å². The molecular formula is C25H16F3N5O3. The van der Waals surface area contributed by atoms with E-state index in [1.54, 1.807) is 24.3 Å². The van der Waals surface area contributed by atoms with E-state index in [1.807, 2.05) is 6.07 Å². The highest BCUT2D eigenvalue weighted by atomic mass is 19.4. The molecule has 6 rings (SSSR count). The summed E-state index contributed by atoms with van der Waals surface area (Å²) in [7, 11) is 0. The van der Waals surface area contributed by atoms with Crippen LogP contribution in [0.2, 0.25) is 0 Å². The topological polar surface area (TPSA) is 104 Å². The van der Waals surface area contributed by atoms with Gasteiger partial charge in [-0.2, -0.15) is 18.4 Å². The zero-order valence-electron chi connectivity index (χ0n) is 18.4. The average molecular weight is 491 g/mol. The van der Waals surface area contributed by atoms with Gasteiger partial charge in [0.25, 0.3) is 5.91 Å². The largest absolute Gasteiger partial charge is 0.493 e. The second kappa shape index (κ2) is 7.45. The number of aromatic nitrogens is 3. The molecule has 4 aromatic rings. The van der Waals surface area contributed by atoms with Crippen LogP contribution in [0.15, 0.2) is 59.5 Å². The lowest BCUT2D eigenvalue weighted by molar-refractivity contribution is -0.138. The minimum Gasteiger partial charge on any atom is -0.493 e. The number of hydrogen-bond donors (Lipinski definition) is 1. The molecule has 1 N–H and O–H groups in total. The lowest BCUT2D eigenvalue weighted by Crippen LogP contribution is -2.38. The maximum absolute atomic E-state index is 13.5. The van der Waals surface area contributed by atoms with Gasteiger partial charge in [-0.25, -0.2) is 14.3 Å². The van der Waals surface area contributed by atoms with Gasteiger partial charge in [0.2, 0.25) is 5.88 Å². The maximum atomic E-state index is 13.5. The third-order valence-electron chi connectivity index (χ3n) is 6.90. The van der Waals surface area contributed by atoms with Crippen molar-refractivity contribution in [1.29, 1.82) is 5.26 Å². The Morgan fingerprint density at radius 1 is 1.11 bits per heavy atom. The molecule has 11 heteroatoms. The van der Waals surface area contributed by atoms with E-state index in [9.17, 15) is 33.1 Å². The quantitative estimate of drug-likeness (QED) is 0.458. The van der Waals surface area contributed by atoms with Crippen molar-refractivity contribution >= 4 is 16.7 Å². The normalized spacial score (nSPS) is 18.4. The van der Waals surface area contributed by atoms with Crippen LogP contribution < -0.4 is 5.69 Å². The fourth-order valence-electron chi connectivity index (χ4n) is 5.40. The number of halogens is 3. The molecule has 1 saturated heterocycles. The molecule has 2 bridgehead atoms. The molecule has 4 heterocycles. The smallest absolute Gasteiger partial charge is 0.417 e. The number of amides is 1. The number of fused-ring (bicyclic) bond motifs is 6. The van der Waals surface area contributed by atoms with Gasteiger partial charge in [-0.15, -0.1) is 0 Å². The Kier molecular flexibility index (Phi) is 4.54. The van der Waals surface area contributed by atoms with Gasteiger partial charge >= 0.3 is 11.9 Å². The van der Waals surface area contributed by atoms with Crippen LogP contribution in [0.1, 0.15) is 45.8 Å². The van der Waals surface area contributed by atoms with Gasteiger partial charge in [-0.1, -0.05) is 36.4 Å². The summed E-state index contributed by atoms with van der Waals surface area (Å²) >= 11 is 0. The molecular weight excluding hydrogens is 475 g/mol. The highest BCUT2D eigenvalue weighted by Crippen LogP contribution is 2.49. The van der Waals surface area contributed by atoms with E-state index < -0.39 is 46.9 Å². The number of carbonyl (C=O) groups is 1. The monoisotopic (exact) mass is 491 g/mol. The first-order valence-corrected chi connectivity index (χ1v) is 11.0. The summed E-state index contributed by atoms with van der Waals surface area (Å²) in [6.07, 6.45) is -3.07. The van der Waals surface area contributed by atoms with Crippen LogP contribution in [0.25, 0.3) is 16.5 Å². The molecule has 8 nitrogen and oxygen atoms in total. The lowest BCUT2D eigenvalue weighted by Gasteiger charge is -2.28. The van der Waals surface area contributed by atoms with Gasteiger partial charge < -0.3 is 10.0 Å². The van der Waals surface area contributed by atoms with Crippen LogP contribution in [0.4, 0.5) is 13.2 Å². The Balaban J connectivity index is 1.47. The number of nitrogens with zero attached hydrogens (tertiary/aromatic N) is 5. The van der Waals surface area contributed by atoms with E-state index in [0.717, 1.165) is 16.7 Å². The second-order valence-electron chi connectivity index (χ2n) is 8.75. The number of rotatable bonds is 2. The molecule has 36 heavy (non-hydrogen) atoms. The molecule has 1 fully saturated rings. The van der Waals surface area contributed by atoms with E-state index in [0.29, 0.717) is 17.2 Å². The number of nitriles is 1. The minimum atomic E-state index is -4.71. The van der Waals surface area contributed by atoms with Crippen molar-refractivity contribution in [2.24, 2.45) is 0 Å². The van der Waals surface area contributed by atoms with Crippen LogP contribution in [-0.4, -0.2) is 36.6 Å². The van der Waals surface area contributed by atoms with E-state index in [2.05, 4.69) is 4.98 Å². The summed E-state index contributed by atoms with van der Waals surface area (Å²) in [5, 5.41) is 21.6. The van der Waals surface area contributed by atoms with E-state index >= 15 is 0 Å². The highest BCUT2D eigenvalue weighted by molar-refractivity contribution is 5.97. The molecule has 0 spiro atoms. The molecule has 0 radical (unpaired) electrons. The van der Waals surface area contributed by atoms with Crippen LogP contribution in [0.3, 0.4) is 0 Å².